The standard InChI is InChI=1S/C7H4F2O2.Na/c8-4-1-2-6(9)5(3-4)7(10)11;/h1-3H,(H,10,11);/q;+1/p-1. The first-order valence-corrected chi connectivity index (χ1v) is 2.77. The van der Waals surface area contributed by atoms with Crippen molar-refractivity contribution in [2.75, 3.05) is 0 Å². The fourth-order valence-corrected chi connectivity index (χ4v) is 0.654. The summed E-state index contributed by atoms with van der Waals surface area (Å²) >= 11 is 0. The maximum atomic E-state index is 12.4. The molecule has 0 aromatic heterocycles. The van der Waals surface area contributed by atoms with E-state index in [-0.39, 0.29) is 29.6 Å². The van der Waals surface area contributed by atoms with Crippen LogP contribution in [0, 0.1) is 11.6 Å². The summed E-state index contributed by atoms with van der Waals surface area (Å²) in [5, 5.41) is 10.1. The molecule has 0 amide bonds. The molecule has 1 aromatic carbocycles. The van der Waals surface area contributed by atoms with Gasteiger partial charge in [0.1, 0.15) is 11.6 Å². The topological polar surface area (TPSA) is 40.1 Å². The van der Waals surface area contributed by atoms with Crippen LogP contribution >= 0.6 is 0 Å². The van der Waals surface area contributed by atoms with Gasteiger partial charge < -0.3 is 9.90 Å². The summed E-state index contributed by atoms with van der Waals surface area (Å²) in [4.78, 5) is 10.1. The molecular weight excluding hydrogens is 177 g/mol. The van der Waals surface area contributed by atoms with E-state index in [1.165, 1.54) is 0 Å². The largest absolute Gasteiger partial charge is 1.00 e. The van der Waals surface area contributed by atoms with Crippen LogP contribution in [0.15, 0.2) is 18.2 Å². The van der Waals surface area contributed by atoms with E-state index in [1.54, 1.807) is 0 Å². The number of carbonyl (C=O) groups excluding carboxylic acids is 1. The first-order valence-electron chi connectivity index (χ1n) is 2.77. The second kappa shape index (κ2) is 4.54. The molecule has 0 bridgehead atoms. The molecule has 0 aliphatic heterocycles. The molecule has 1 aromatic rings. The molecule has 0 heterocycles. The zero-order chi connectivity index (χ0) is 8.43. The Bertz CT molecular complexity index is 301. The number of hydrogen-bond donors (Lipinski definition) is 0. The minimum atomic E-state index is -1.72. The fourth-order valence-electron chi connectivity index (χ4n) is 0.654. The van der Waals surface area contributed by atoms with Crippen LogP contribution in [0.25, 0.3) is 0 Å². The summed E-state index contributed by atoms with van der Waals surface area (Å²) in [6.07, 6.45) is 0. The third-order valence-corrected chi connectivity index (χ3v) is 1.15. The van der Waals surface area contributed by atoms with Gasteiger partial charge in [0.05, 0.1) is 5.97 Å². The third-order valence-electron chi connectivity index (χ3n) is 1.15. The third kappa shape index (κ3) is 2.55. The Morgan fingerprint density at radius 1 is 1.33 bits per heavy atom. The minimum Gasteiger partial charge on any atom is -0.545 e. The van der Waals surface area contributed by atoms with Crippen molar-refractivity contribution < 1.29 is 48.2 Å². The maximum Gasteiger partial charge on any atom is 1.00 e. The Morgan fingerprint density at radius 3 is 2.33 bits per heavy atom. The molecular formula is C7H3F2NaO2. The Labute approximate surface area is 89.5 Å². The van der Waals surface area contributed by atoms with Gasteiger partial charge in [0.25, 0.3) is 0 Å². The Balaban J connectivity index is 0.00000121. The van der Waals surface area contributed by atoms with Crippen molar-refractivity contribution in [1.82, 2.24) is 0 Å². The summed E-state index contributed by atoms with van der Waals surface area (Å²) in [6, 6.07) is 2.15. The van der Waals surface area contributed by atoms with Crippen LogP contribution in [-0.2, 0) is 0 Å². The maximum absolute atomic E-state index is 12.4. The SMILES string of the molecule is O=C([O-])c1cc(F)ccc1F.[Na+]. The molecule has 0 saturated heterocycles. The molecule has 0 unspecified atom stereocenters. The van der Waals surface area contributed by atoms with Crippen LogP contribution in [0.5, 0.6) is 0 Å². The van der Waals surface area contributed by atoms with Gasteiger partial charge in [-0.05, 0) is 18.2 Å². The van der Waals surface area contributed by atoms with Gasteiger partial charge >= 0.3 is 29.6 Å². The molecule has 0 aliphatic carbocycles. The van der Waals surface area contributed by atoms with Crippen LogP contribution in [0.4, 0.5) is 8.78 Å². The smallest absolute Gasteiger partial charge is 0.545 e. The van der Waals surface area contributed by atoms with Crippen molar-refractivity contribution >= 4 is 5.97 Å². The molecule has 12 heavy (non-hydrogen) atoms. The predicted octanol–water partition coefficient (Wildman–Crippen LogP) is -2.67. The first kappa shape index (κ1) is 11.6. The average molecular weight is 180 g/mol. The average Bonchev–Trinajstić information content (AvgIpc) is 1.94. The first-order chi connectivity index (χ1) is 5.11. The van der Waals surface area contributed by atoms with E-state index in [4.69, 9.17) is 0 Å². The molecule has 58 valence electrons. The Kier molecular flexibility index (Phi) is 4.37. The van der Waals surface area contributed by atoms with Crippen molar-refractivity contribution in [3.63, 3.8) is 0 Å². The predicted molar refractivity (Wildman–Crippen MR) is 30.7 cm³/mol. The van der Waals surface area contributed by atoms with Crippen LogP contribution in [0.3, 0.4) is 0 Å². The van der Waals surface area contributed by atoms with E-state index in [9.17, 15) is 18.7 Å². The monoisotopic (exact) mass is 180 g/mol. The summed E-state index contributed by atoms with van der Waals surface area (Å²) in [5.74, 6) is -3.51. The molecule has 0 fully saturated rings. The quantitative estimate of drug-likeness (QED) is 0.442. The van der Waals surface area contributed by atoms with Gasteiger partial charge in [0.15, 0.2) is 0 Å². The van der Waals surface area contributed by atoms with E-state index >= 15 is 0 Å². The van der Waals surface area contributed by atoms with E-state index < -0.39 is 23.2 Å². The van der Waals surface area contributed by atoms with Gasteiger partial charge in [0, 0.05) is 5.56 Å². The van der Waals surface area contributed by atoms with Crippen LogP contribution in [0.1, 0.15) is 10.4 Å². The Hall–Kier alpha value is -0.450. The minimum absolute atomic E-state index is 0. The van der Waals surface area contributed by atoms with Gasteiger partial charge in [0.2, 0.25) is 0 Å². The summed E-state index contributed by atoms with van der Waals surface area (Å²) in [7, 11) is 0. The van der Waals surface area contributed by atoms with Crippen molar-refractivity contribution in [2.45, 2.75) is 0 Å². The zero-order valence-corrected chi connectivity index (χ0v) is 8.30. The molecule has 2 nitrogen and oxygen atoms in total. The zero-order valence-electron chi connectivity index (χ0n) is 6.30. The second-order valence-electron chi connectivity index (χ2n) is 1.91. The van der Waals surface area contributed by atoms with E-state index in [0.29, 0.717) is 6.07 Å². The van der Waals surface area contributed by atoms with Gasteiger partial charge in [-0.2, -0.15) is 0 Å². The normalized spacial score (nSPS) is 8.83. The van der Waals surface area contributed by atoms with Gasteiger partial charge in [-0.15, -0.1) is 0 Å². The number of benzene rings is 1. The molecule has 0 N–H and O–H groups in total. The number of rotatable bonds is 1. The van der Waals surface area contributed by atoms with Crippen molar-refractivity contribution in [1.29, 1.82) is 0 Å². The number of carboxylic acid groups (broad SMARTS) is 1. The molecule has 0 atom stereocenters. The van der Waals surface area contributed by atoms with E-state index in [1.807, 2.05) is 0 Å². The summed E-state index contributed by atoms with van der Waals surface area (Å²) < 4.78 is 24.7. The van der Waals surface area contributed by atoms with Crippen LogP contribution in [-0.4, -0.2) is 5.97 Å². The number of halogens is 2. The van der Waals surface area contributed by atoms with Crippen molar-refractivity contribution in [2.24, 2.45) is 0 Å². The van der Waals surface area contributed by atoms with Gasteiger partial charge in [-0.25, -0.2) is 8.78 Å². The number of carboxylic acids is 1. The molecule has 0 saturated carbocycles. The second-order valence-corrected chi connectivity index (χ2v) is 1.91. The fraction of sp³-hybridized carbons (Fsp3) is 0. The Morgan fingerprint density at radius 2 is 1.92 bits per heavy atom. The number of hydrogen-bond acceptors (Lipinski definition) is 2. The summed E-state index contributed by atoms with van der Waals surface area (Å²) in [5.41, 5.74) is -0.759. The van der Waals surface area contributed by atoms with E-state index in [2.05, 4.69) is 0 Å². The van der Waals surface area contributed by atoms with Crippen molar-refractivity contribution in [3.8, 4) is 0 Å². The molecule has 1 rings (SSSR count). The van der Waals surface area contributed by atoms with Crippen LogP contribution < -0.4 is 34.7 Å². The van der Waals surface area contributed by atoms with E-state index in [0.717, 1.165) is 12.1 Å². The van der Waals surface area contributed by atoms with Gasteiger partial charge in [-0.1, -0.05) is 0 Å². The van der Waals surface area contributed by atoms with Gasteiger partial charge in [-0.3, -0.25) is 0 Å². The molecule has 0 radical (unpaired) electrons. The molecule has 5 heteroatoms. The summed E-state index contributed by atoms with van der Waals surface area (Å²) in [6.45, 7) is 0. The van der Waals surface area contributed by atoms with Crippen LogP contribution in [0.2, 0.25) is 0 Å². The number of aromatic carboxylic acids is 1. The van der Waals surface area contributed by atoms with Crippen molar-refractivity contribution in [3.05, 3.63) is 35.4 Å². The molecule has 0 spiro atoms. The molecule has 0 aliphatic rings. The number of carbonyl (C=O) groups is 1.